The van der Waals surface area contributed by atoms with Gasteiger partial charge in [-0.3, -0.25) is 0 Å². The van der Waals surface area contributed by atoms with Gasteiger partial charge in [-0.15, -0.1) is 0 Å². The predicted molar refractivity (Wildman–Crippen MR) is 115 cm³/mol. The molecule has 3 nitrogen and oxygen atoms in total. The summed E-state index contributed by atoms with van der Waals surface area (Å²) in [6.07, 6.45) is 0.145. The molecule has 26 heavy (non-hydrogen) atoms. The van der Waals surface area contributed by atoms with Crippen LogP contribution in [0.2, 0.25) is 0 Å². The summed E-state index contributed by atoms with van der Waals surface area (Å²) in [5, 5.41) is 7.17. The van der Waals surface area contributed by atoms with Gasteiger partial charge in [0.1, 0.15) is 5.75 Å². The Morgan fingerprint density at radius 1 is 1.00 bits per heavy atom. The lowest BCUT2D eigenvalue weighted by Crippen LogP contribution is -2.31. The van der Waals surface area contributed by atoms with Crippen LogP contribution < -0.4 is 15.4 Å². The summed E-state index contributed by atoms with van der Waals surface area (Å²) in [5.41, 5.74) is 3.61. The van der Waals surface area contributed by atoms with Gasteiger partial charge in [-0.05, 0) is 61.7 Å². The molecule has 0 unspecified atom stereocenters. The lowest BCUT2D eigenvalue weighted by molar-refractivity contribution is 0.242. The first-order valence-electron chi connectivity index (χ1n) is 9.10. The Bertz CT molecular complexity index is 733. The molecule has 2 aromatic rings. The van der Waals surface area contributed by atoms with Gasteiger partial charge in [-0.1, -0.05) is 51.1 Å². The number of hydrogen-bond donors (Lipinski definition) is 2. The molecule has 0 fully saturated rings. The van der Waals surface area contributed by atoms with Crippen molar-refractivity contribution in [1.29, 1.82) is 0 Å². The second-order valence-electron chi connectivity index (χ2n) is 7.89. The summed E-state index contributed by atoms with van der Waals surface area (Å²) in [4.78, 5) is 0. The zero-order valence-electron chi connectivity index (χ0n) is 16.6. The van der Waals surface area contributed by atoms with Crippen LogP contribution in [0.25, 0.3) is 0 Å². The first-order chi connectivity index (χ1) is 12.1. The van der Waals surface area contributed by atoms with Gasteiger partial charge in [0, 0.05) is 11.8 Å². The third kappa shape index (κ3) is 6.03. The van der Waals surface area contributed by atoms with Gasteiger partial charge in [-0.2, -0.15) is 0 Å². The molecule has 140 valence electrons. The van der Waals surface area contributed by atoms with Crippen LogP contribution in [0.4, 0.5) is 5.69 Å². The van der Waals surface area contributed by atoms with Crippen LogP contribution in [0.3, 0.4) is 0 Å². The molecule has 0 aliphatic heterocycles. The van der Waals surface area contributed by atoms with Gasteiger partial charge in [0.05, 0.1) is 12.1 Å². The standard InChI is InChI=1S/C22H30N2OS/c1-15(2)25-20-9-7-8-19(14-20)24-21(26)23-16(3)17-10-12-18(13-11-17)22(4,5)6/h7-16H,1-6H3,(H2,23,24,26)/t16-/m1/s1. The number of nitrogens with one attached hydrogen (secondary N) is 2. The van der Waals surface area contributed by atoms with Gasteiger partial charge in [-0.25, -0.2) is 0 Å². The van der Waals surface area contributed by atoms with E-state index in [0.29, 0.717) is 5.11 Å². The Balaban J connectivity index is 1.97. The van der Waals surface area contributed by atoms with Crippen molar-refractivity contribution in [2.75, 3.05) is 5.32 Å². The number of ether oxygens (including phenoxy) is 1. The van der Waals surface area contributed by atoms with Crippen molar-refractivity contribution in [1.82, 2.24) is 5.32 Å². The van der Waals surface area contributed by atoms with Crippen molar-refractivity contribution in [2.45, 2.75) is 59.1 Å². The highest BCUT2D eigenvalue weighted by atomic mass is 32.1. The summed E-state index contributed by atoms with van der Waals surface area (Å²) < 4.78 is 5.72. The average molecular weight is 371 g/mol. The highest BCUT2D eigenvalue weighted by Gasteiger charge is 2.14. The molecule has 0 amide bonds. The molecule has 4 heteroatoms. The zero-order valence-corrected chi connectivity index (χ0v) is 17.4. The molecule has 0 bridgehead atoms. The first kappa shape index (κ1) is 20.2. The fourth-order valence-electron chi connectivity index (χ4n) is 2.64. The molecule has 2 rings (SSSR count). The Hall–Kier alpha value is -2.07. The number of hydrogen-bond acceptors (Lipinski definition) is 2. The quantitative estimate of drug-likeness (QED) is 0.650. The minimum absolute atomic E-state index is 0.124. The molecular weight excluding hydrogens is 340 g/mol. The number of benzene rings is 2. The maximum Gasteiger partial charge on any atom is 0.171 e. The van der Waals surface area contributed by atoms with E-state index < -0.39 is 0 Å². The molecule has 2 N–H and O–H groups in total. The molecule has 0 spiro atoms. The Morgan fingerprint density at radius 2 is 1.65 bits per heavy atom. The van der Waals surface area contributed by atoms with Crippen LogP contribution in [0, 0.1) is 0 Å². The van der Waals surface area contributed by atoms with Gasteiger partial charge in [0.2, 0.25) is 0 Å². The summed E-state index contributed by atoms with van der Waals surface area (Å²) in [6, 6.07) is 16.7. The second-order valence-corrected chi connectivity index (χ2v) is 8.29. The van der Waals surface area contributed by atoms with Crippen molar-refractivity contribution >= 4 is 23.0 Å². The molecule has 0 aliphatic rings. The van der Waals surface area contributed by atoms with Gasteiger partial charge >= 0.3 is 0 Å². The van der Waals surface area contributed by atoms with Crippen molar-refractivity contribution in [2.24, 2.45) is 0 Å². The van der Waals surface area contributed by atoms with E-state index in [1.807, 2.05) is 38.1 Å². The third-order valence-electron chi connectivity index (χ3n) is 4.09. The van der Waals surface area contributed by atoms with Crippen molar-refractivity contribution in [3.8, 4) is 5.75 Å². The third-order valence-corrected chi connectivity index (χ3v) is 4.31. The van der Waals surface area contributed by atoms with Crippen molar-refractivity contribution in [3.05, 3.63) is 59.7 Å². The SMILES string of the molecule is CC(C)Oc1cccc(NC(=S)N[C@H](C)c2ccc(C(C)(C)C)cc2)c1. The summed E-state index contributed by atoms with van der Waals surface area (Å²) >= 11 is 5.47. The largest absolute Gasteiger partial charge is 0.491 e. The van der Waals surface area contributed by atoms with E-state index in [-0.39, 0.29) is 17.6 Å². The van der Waals surface area contributed by atoms with Crippen LogP contribution in [-0.2, 0) is 5.41 Å². The second kappa shape index (κ2) is 8.54. The fraction of sp³-hybridized carbons (Fsp3) is 0.409. The Morgan fingerprint density at radius 3 is 2.23 bits per heavy atom. The van der Waals surface area contributed by atoms with Crippen LogP contribution in [0.1, 0.15) is 58.7 Å². The van der Waals surface area contributed by atoms with Crippen LogP contribution in [-0.4, -0.2) is 11.2 Å². The van der Waals surface area contributed by atoms with Crippen LogP contribution in [0.5, 0.6) is 5.75 Å². The molecule has 0 radical (unpaired) electrons. The molecule has 0 heterocycles. The zero-order chi connectivity index (χ0) is 19.3. The van der Waals surface area contributed by atoms with Gasteiger partial charge < -0.3 is 15.4 Å². The van der Waals surface area contributed by atoms with E-state index in [0.717, 1.165) is 11.4 Å². The van der Waals surface area contributed by atoms with Crippen LogP contribution >= 0.6 is 12.2 Å². The van der Waals surface area contributed by atoms with E-state index in [4.69, 9.17) is 17.0 Å². The monoisotopic (exact) mass is 370 g/mol. The Labute approximate surface area is 163 Å². The molecular formula is C22H30N2OS. The number of thiocarbonyl (C=S) groups is 1. The number of anilines is 1. The number of rotatable bonds is 5. The van der Waals surface area contributed by atoms with E-state index in [9.17, 15) is 0 Å². The Kier molecular flexibility index (Phi) is 6.65. The summed E-state index contributed by atoms with van der Waals surface area (Å²) in [5.74, 6) is 0.832. The summed E-state index contributed by atoms with van der Waals surface area (Å²) in [7, 11) is 0. The lowest BCUT2D eigenvalue weighted by atomic mass is 9.86. The average Bonchev–Trinajstić information content (AvgIpc) is 2.53. The normalized spacial score (nSPS) is 12.6. The van der Waals surface area contributed by atoms with E-state index in [1.54, 1.807) is 0 Å². The topological polar surface area (TPSA) is 33.3 Å². The van der Waals surface area contributed by atoms with E-state index in [1.165, 1.54) is 11.1 Å². The van der Waals surface area contributed by atoms with Crippen LogP contribution in [0.15, 0.2) is 48.5 Å². The molecule has 2 aromatic carbocycles. The molecule has 0 saturated carbocycles. The highest BCUT2D eigenvalue weighted by molar-refractivity contribution is 7.80. The summed E-state index contributed by atoms with van der Waals surface area (Å²) in [6.45, 7) is 12.8. The molecule has 0 aliphatic carbocycles. The maximum absolute atomic E-state index is 5.72. The fourth-order valence-corrected chi connectivity index (χ4v) is 2.93. The molecule has 0 saturated heterocycles. The smallest absolute Gasteiger partial charge is 0.171 e. The predicted octanol–water partition coefficient (Wildman–Crippen LogP) is 5.82. The van der Waals surface area contributed by atoms with E-state index >= 15 is 0 Å². The van der Waals surface area contributed by atoms with Crippen molar-refractivity contribution in [3.63, 3.8) is 0 Å². The molecule has 0 aromatic heterocycles. The highest BCUT2D eigenvalue weighted by Crippen LogP contribution is 2.24. The minimum Gasteiger partial charge on any atom is -0.491 e. The van der Waals surface area contributed by atoms with Gasteiger partial charge in [0.25, 0.3) is 0 Å². The first-order valence-corrected chi connectivity index (χ1v) is 9.50. The maximum atomic E-state index is 5.72. The minimum atomic E-state index is 0.124. The molecule has 1 atom stereocenters. The van der Waals surface area contributed by atoms with Crippen molar-refractivity contribution < 1.29 is 4.74 Å². The lowest BCUT2D eigenvalue weighted by Gasteiger charge is -2.21. The van der Waals surface area contributed by atoms with Gasteiger partial charge in [0.15, 0.2) is 5.11 Å². The van der Waals surface area contributed by atoms with E-state index in [2.05, 4.69) is 62.6 Å².